The number of nitrogens with one attached hydrogen (secondary N) is 1. The summed E-state index contributed by atoms with van der Waals surface area (Å²) in [5, 5.41) is 11.9. The zero-order chi connectivity index (χ0) is 15.5. The van der Waals surface area contributed by atoms with Crippen molar-refractivity contribution in [2.75, 3.05) is 6.54 Å². The molecule has 1 amide bonds. The molecule has 1 aromatic rings. The predicted molar refractivity (Wildman–Crippen MR) is 78.9 cm³/mol. The number of nitriles is 1. The molecule has 21 heavy (non-hydrogen) atoms. The van der Waals surface area contributed by atoms with Crippen LogP contribution >= 0.6 is 0 Å². The maximum Gasteiger partial charge on any atom is 0.239 e. The van der Waals surface area contributed by atoms with Crippen molar-refractivity contribution in [1.29, 1.82) is 5.26 Å². The summed E-state index contributed by atoms with van der Waals surface area (Å²) in [5.41, 5.74) is -0.0891. The van der Waals surface area contributed by atoms with Crippen LogP contribution in [-0.4, -0.2) is 12.5 Å². The van der Waals surface area contributed by atoms with Crippen LogP contribution in [0.2, 0.25) is 0 Å². The summed E-state index contributed by atoms with van der Waals surface area (Å²) in [4.78, 5) is 12.1. The van der Waals surface area contributed by atoms with Gasteiger partial charge in [-0.1, -0.05) is 25.0 Å². The molecular formula is C17H21FN2O. The topological polar surface area (TPSA) is 52.9 Å². The summed E-state index contributed by atoms with van der Waals surface area (Å²) in [6.07, 6.45) is 4.17. The number of amides is 1. The van der Waals surface area contributed by atoms with E-state index in [4.69, 9.17) is 5.26 Å². The van der Waals surface area contributed by atoms with Crippen molar-refractivity contribution in [3.8, 4) is 6.07 Å². The Morgan fingerprint density at radius 2 is 1.90 bits per heavy atom. The average Bonchev–Trinajstić information content (AvgIpc) is 2.95. The second-order valence-electron chi connectivity index (χ2n) is 6.41. The minimum absolute atomic E-state index is 0.130. The summed E-state index contributed by atoms with van der Waals surface area (Å²) >= 11 is 0. The van der Waals surface area contributed by atoms with Gasteiger partial charge in [0, 0.05) is 12.0 Å². The van der Waals surface area contributed by atoms with E-state index in [0.29, 0.717) is 6.54 Å². The van der Waals surface area contributed by atoms with E-state index in [2.05, 4.69) is 5.32 Å². The van der Waals surface area contributed by atoms with Crippen molar-refractivity contribution in [2.45, 2.75) is 44.9 Å². The normalized spacial score (nSPS) is 17.2. The van der Waals surface area contributed by atoms with Crippen LogP contribution in [0, 0.1) is 22.6 Å². The number of rotatable bonds is 4. The standard InChI is InChI=1S/C17H21FN2O/c1-16(2,11-19)15(21)20-12-17(9-3-4-10-17)13-5-7-14(18)8-6-13/h5-8H,3-4,9-10,12H2,1-2H3,(H,20,21). The lowest BCUT2D eigenvalue weighted by atomic mass is 9.78. The van der Waals surface area contributed by atoms with E-state index in [1.807, 2.05) is 18.2 Å². The molecule has 3 nitrogen and oxygen atoms in total. The Hall–Kier alpha value is -1.89. The molecule has 0 bridgehead atoms. The Morgan fingerprint density at radius 3 is 2.43 bits per heavy atom. The maximum atomic E-state index is 13.1. The van der Waals surface area contributed by atoms with Crippen LogP contribution in [0.1, 0.15) is 45.1 Å². The van der Waals surface area contributed by atoms with E-state index in [1.165, 1.54) is 12.1 Å². The van der Waals surface area contributed by atoms with E-state index in [-0.39, 0.29) is 17.1 Å². The van der Waals surface area contributed by atoms with Crippen LogP contribution in [0.3, 0.4) is 0 Å². The Bertz CT molecular complexity index is 551. The lowest BCUT2D eigenvalue weighted by Gasteiger charge is -2.31. The molecule has 0 saturated heterocycles. The van der Waals surface area contributed by atoms with Crippen LogP contribution in [0.25, 0.3) is 0 Å². The quantitative estimate of drug-likeness (QED) is 0.924. The molecule has 2 rings (SSSR count). The number of benzene rings is 1. The number of carbonyl (C=O) groups is 1. The number of nitrogens with zero attached hydrogens (tertiary/aromatic N) is 1. The molecule has 1 aliphatic rings. The SMILES string of the molecule is CC(C)(C#N)C(=O)NCC1(c2ccc(F)cc2)CCCC1. The molecule has 1 aliphatic carbocycles. The molecule has 4 heteroatoms. The molecular weight excluding hydrogens is 267 g/mol. The van der Waals surface area contributed by atoms with E-state index >= 15 is 0 Å². The fourth-order valence-electron chi connectivity index (χ4n) is 2.94. The van der Waals surface area contributed by atoms with Gasteiger partial charge in [0.05, 0.1) is 6.07 Å². The summed E-state index contributed by atoms with van der Waals surface area (Å²) in [7, 11) is 0. The van der Waals surface area contributed by atoms with Crippen molar-refractivity contribution in [2.24, 2.45) is 5.41 Å². The third-order valence-electron chi connectivity index (χ3n) is 4.45. The van der Waals surface area contributed by atoms with Gasteiger partial charge in [0.25, 0.3) is 0 Å². The van der Waals surface area contributed by atoms with Gasteiger partial charge >= 0.3 is 0 Å². The number of halogens is 1. The second kappa shape index (κ2) is 5.85. The molecule has 0 aromatic heterocycles. The molecule has 0 unspecified atom stereocenters. The van der Waals surface area contributed by atoms with Crippen LogP contribution in [0.5, 0.6) is 0 Å². The van der Waals surface area contributed by atoms with Gasteiger partial charge in [-0.25, -0.2) is 4.39 Å². The van der Waals surface area contributed by atoms with E-state index in [1.54, 1.807) is 13.8 Å². The predicted octanol–water partition coefficient (Wildman–Crippen LogP) is 3.30. The Morgan fingerprint density at radius 1 is 1.33 bits per heavy atom. The lowest BCUT2D eigenvalue weighted by molar-refractivity contribution is -0.127. The van der Waals surface area contributed by atoms with E-state index in [0.717, 1.165) is 31.2 Å². The molecule has 1 fully saturated rings. The Labute approximate surface area is 125 Å². The smallest absolute Gasteiger partial charge is 0.239 e. The minimum Gasteiger partial charge on any atom is -0.354 e. The average molecular weight is 288 g/mol. The fraction of sp³-hybridized carbons (Fsp3) is 0.529. The van der Waals surface area contributed by atoms with Gasteiger partial charge in [0.1, 0.15) is 11.2 Å². The largest absolute Gasteiger partial charge is 0.354 e. The Balaban J connectivity index is 2.15. The first-order chi connectivity index (χ1) is 9.89. The van der Waals surface area contributed by atoms with E-state index in [9.17, 15) is 9.18 Å². The summed E-state index contributed by atoms with van der Waals surface area (Å²) in [6, 6.07) is 8.57. The fourth-order valence-corrected chi connectivity index (χ4v) is 2.94. The number of carbonyl (C=O) groups excluding carboxylic acids is 1. The minimum atomic E-state index is -1.03. The first-order valence-corrected chi connectivity index (χ1v) is 7.35. The summed E-state index contributed by atoms with van der Waals surface area (Å²) in [6.45, 7) is 3.73. The summed E-state index contributed by atoms with van der Waals surface area (Å²) in [5.74, 6) is -0.500. The van der Waals surface area contributed by atoms with Gasteiger partial charge in [-0.15, -0.1) is 0 Å². The zero-order valence-corrected chi connectivity index (χ0v) is 12.6. The molecule has 0 spiro atoms. The number of hydrogen-bond donors (Lipinski definition) is 1. The van der Waals surface area contributed by atoms with Crippen molar-refractivity contribution in [3.63, 3.8) is 0 Å². The highest BCUT2D eigenvalue weighted by molar-refractivity contribution is 5.84. The summed E-state index contributed by atoms with van der Waals surface area (Å²) < 4.78 is 13.1. The third-order valence-corrected chi connectivity index (χ3v) is 4.45. The van der Waals surface area contributed by atoms with Gasteiger partial charge in [-0.3, -0.25) is 4.79 Å². The molecule has 0 heterocycles. The molecule has 0 atom stereocenters. The van der Waals surface area contributed by atoms with Crippen LogP contribution in [0.4, 0.5) is 4.39 Å². The van der Waals surface area contributed by atoms with Crippen molar-refractivity contribution >= 4 is 5.91 Å². The van der Waals surface area contributed by atoms with Crippen molar-refractivity contribution in [3.05, 3.63) is 35.6 Å². The van der Waals surface area contributed by atoms with Crippen LogP contribution in [-0.2, 0) is 10.2 Å². The molecule has 0 radical (unpaired) electrons. The highest BCUT2D eigenvalue weighted by Gasteiger charge is 2.37. The van der Waals surface area contributed by atoms with Gasteiger partial charge in [-0.2, -0.15) is 5.26 Å². The maximum absolute atomic E-state index is 13.1. The van der Waals surface area contributed by atoms with Gasteiger partial charge < -0.3 is 5.32 Å². The van der Waals surface area contributed by atoms with Gasteiger partial charge in [0.2, 0.25) is 5.91 Å². The highest BCUT2D eigenvalue weighted by atomic mass is 19.1. The zero-order valence-electron chi connectivity index (χ0n) is 12.6. The Kier molecular flexibility index (Phi) is 4.32. The second-order valence-corrected chi connectivity index (χ2v) is 6.41. The molecule has 1 N–H and O–H groups in total. The monoisotopic (exact) mass is 288 g/mol. The molecule has 112 valence electrons. The van der Waals surface area contributed by atoms with Crippen molar-refractivity contribution < 1.29 is 9.18 Å². The van der Waals surface area contributed by atoms with Crippen molar-refractivity contribution in [1.82, 2.24) is 5.32 Å². The van der Waals surface area contributed by atoms with Crippen LogP contribution in [0.15, 0.2) is 24.3 Å². The molecule has 0 aliphatic heterocycles. The van der Waals surface area contributed by atoms with Gasteiger partial charge in [0.15, 0.2) is 0 Å². The third kappa shape index (κ3) is 3.24. The number of hydrogen-bond acceptors (Lipinski definition) is 2. The first-order valence-electron chi connectivity index (χ1n) is 7.35. The van der Waals surface area contributed by atoms with E-state index < -0.39 is 5.41 Å². The lowest BCUT2D eigenvalue weighted by Crippen LogP contribution is -2.43. The molecule has 1 aromatic carbocycles. The van der Waals surface area contributed by atoms with Gasteiger partial charge in [-0.05, 0) is 44.4 Å². The molecule has 1 saturated carbocycles. The first kappa shape index (κ1) is 15.5. The van der Waals surface area contributed by atoms with Crippen LogP contribution < -0.4 is 5.32 Å². The highest BCUT2D eigenvalue weighted by Crippen LogP contribution is 2.40.